The van der Waals surface area contributed by atoms with Crippen LogP contribution < -0.4 is 4.74 Å². The third-order valence-electron chi connectivity index (χ3n) is 3.54. The Balaban J connectivity index is 2.48. The molecule has 1 fully saturated rings. The monoisotopic (exact) mass is 327 g/mol. The minimum absolute atomic E-state index is 0.0641. The van der Waals surface area contributed by atoms with Crippen molar-refractivity contribution in [3.05, 3.63) is 24.3 Å². The zero-order valence-corrected chi connectivity index (χ0v) is 14.0. The molecule has 0 radical (unpaired) electrons. The normalized spacial score (nSPS) is 20.5. The summed E-state index contributed by atoms with van der Waals surface area (Å²) in [7, 11) is -2.33. The van der Waals surface area contributed by atoms with Crippen LogP contribution in [0.25, 0.3) is 0 Å². The highest BCUT2D eigenvalue weighted by Gasteiger charge is 2.46. The Morgan fingerprint density at radius 3 is 2.59 bits per heavy atom. The van der Waals surface area contributed by atoms with Crippen LogP contribution in [-0.2, 0) is 19.6 Å². The van der Waals surface area contributed by atoms with Gasteiger partial charge in [-0.15, -0.1) is 0 Å². The van der Waals surface area contributed by atoms with Crippen LogP contribution in [0.15, 0.2) is 29.2 Å². The van der Waals surface area contributed by atoms with Gasteiger partial charge in [-0.3, -0.25) is 4.79 Å². The van der Waals surface area contributed by atoms with E-state index in [4.69, 9.17) is 9.47 Å². The number of carbonyl (C=O) groups is 1. The summed E-state index contributed by atoms with van der Waals surface area (Å²) in [5.41, 5.74) is -0.566. The summed E-state index contributed by atoms with van der Waals surface area (Å²) in [6.45, 7) is 5.66. The van der Waals surface area contributed by atoms with Gasteiger partial charge in [0.15, 0.2) is 0 Å². The van der Waals surface area contributed by atoms with Gasteiger partial charge >= 0.3 is 5.97 Å². The van der Waals surface area contributed by atoms with Gasteiger partial charge in [0, 0.05) is 12.6 Å². The predicted molar refractivity (Wildman–Crippen MR) is 81.1 cm³/mol. The van der Waals surface area contributed by atoms with Gasteiger partial charge < -0.3 is 9.47 Å². The van der Waals surface area contributed by atoms with Crippen LogP contribution >= 0.6 is 0 Å². The third kappa shape index (κ3) is 3.10. The number of esters is 1. The average molecular weight is 327 g/mol. The lowest BCUT2D eigenvalue weighted by molar-refractivity contribution is -0.158. The molecular weight excluding hydrogens is 306 g/mol. The van der Waals surface area contributed by atoms with Gasteiger partial charge in [0.25, 0.3) is 0 Å². The lowest BCUT2D eigenvalue weighted by Crippen LogP contribution is -2.56. The van der Waals surface area contributed by atoms with Crippen molar-refractivity contribution in [2.75, 3.05) is 20.3 Å². The number of hydrogen-bond donors (Lipinski definition) is 0. The topological polar surface area (TPSA) is 72.9 Å². The molecule has 0 saturated carbocycles. The maximum Gasteiger partial charge on any atom is 0.325 e. The lowest BCUT2D eigenvalue weighted by atomic mass is 9.86. The Bertz CT molecular complexity index is 663. The van der Waals surface area contributed by atoms with Crippen LogP contribution in [0, 0.1) is 5.41 Å². The fourth-order valence-corrected chi connectivity index (χ4v) is 4.28. The van der Waals surface area contributed by atoms with E-state index in [2.05, 4.69) is 0 Å². The molecule has 1 aliphatic heterocycles. The molecule has 0 spiro atoms. The highest BCUT2D eigenvalue weighted by molar-refractivity contribution is 7.89. The molecule has 22 heavy (non-hydrogen) atoms. The van der Waals surface area contributed by atoms with Crippen molar-refractivity contribution in [1.29, 1.82) is 0 Å². The Morgan fingerprint density at radius 1 is 1.32 bits per heavy atom. The van der Waals surface area contributed by atoms with Gasteiger partial charge in [-0.1, -0.05) is 26.8 Å². The molecule has 6 nitrogen and oxygen atoms in total. The summed E-state index contributed by atoms with van der Waals surface area (Å²) in [5, 5.41) is 0. The first-order valence-corrected chi connectivity index (χ1v) is 8.44. The molecule has 0 unspecified atom stereocenters. The number of benzene rings is 1. The molecule has 122 valence electrons. The number of cyclic esters (lactones) is 1. The molecule has 1 aromatic rings. The molecule has 1 aliphatic rings. The summed E-state index contributed by atoms with van der Waals surface area (Å²) in [6, 6.07) is 5.38. The molecule has 0 amide bonds. The van der Waals surface area contributed by atoms with Gasteiger partial charge in [-0.25, -0.2) is 8.42 Å². The Hall–Kier alpha value is -1.60. The molecule has 0 aliphatic carbocycles. The van der Waals surface area contributed by atoms with E-state index in [1.54, 1.807) is 12.1 Å². The second-order valence-electron chi connectivity index (χ2n) is 6.23. The van der Waals surface area contributed by atoms with Crippen molar-refractivity contribution >= 4 is 16.0 Å². The summed E-state index contributed by atoms with van der Waals surface area (Å²) in [6.07, 6.45) is 0. The molecule has 0 bridgehead atoms. The van der Waals surface area contributed by atoms with Crippen LogP contribution in [0.2, 0.25) is 0 Å². The quantitative estimate of drug-likeness (QED) is 0.790. The van der Waals surface area contributed by atoms with E-state index in [1.165, 1.54) is 23.5 Å². The SMILES string of the molecule is COc1cccc(S(=O)(=O)N2CCOC(=O)[C@@H]2C(C)(C)C)c1. The van der Waals surface area contributed by atoms with E-state index >= 15 is 0 Å². The van der Waals surface area contributed by atoms with Gasteiger partial charge in [0.2, 0.25) is 10.0 Å². The fourth-order valence-electron chi connectivity index (χ4n) is 2.50. The van der Waals surface area contributed by atoms with Crippen LogP contribution in [0.4, 0.5) is 0 Å². The number of morpholine rings is 1. The highest BCUT2D eigenvalue weighted by Crippen LogP contribution is 2.32. The average Bonchev–Trinajstić information content (AvgIpc) is 2.45. The first kappa shape index (κ1) is 16.8. The van der Waals surface area contributed by atoms with Gasteiger partial charge in [-0.05, 0) is 17.5 Å². The first-order chi connectivity index (χ1) is 10.2. The Labute approximate surface area is 131 Å². The van der Waals surface area contributed by atoms with E-state index in [1.807, 2.05) is 20.8 Å². The summed E-state index contributed by atoms with van der Waals surface area (Å²) >= 11 is 0. The molecular formula is C15H21NO5S. The molecule has 0 N–H and O–H groups in total. The second kappa shape index (κ2) is 5.89. The molecule has 2 rings (SSSR count). The van der Waals surface area contributed by atoms with E-state index in [0.717, 1.165) is 0 Å². The number of carbonyl (C=O) groups excluding carboxylic acids is 1. The minimum Gasteiger partial charge on any atom is -0.497 e. The van der Waals surface area contributed by atoms with Crippen molar-refractivity contribution in [2.45, 2.75) is 31.7 Å². The molecule has 1 heterocycles. The van der Waals surface area contributed by atoms with E-state index in [0.29, 0.717) is 5.75 Å². The maximum absolute atomic E-state index is 12.9. The smallest absolute Gasteiger partial charge is 0.325 e. The summed E-state index contributed by atoms with van der Waals surface area (Å²) in [5.74, 6) is -0.0572. The number of sulfonamides is 1. The lowest BCUT2D eigenvalue weighted by Gasteiger charge is -2.40. The van der Waals surface area contributed by atoms with Crippen molar-refractivity contribution in [2.24, 2.45) is 5.41 Å². The number of rotatable bonds is 3. The molecule has 1 atom stereocenters. The van der Waals surface area contributed by atoms with Crippen LogP contribution in [-0.4, -0.2) is 45.0 Å². The van der Waals surface area contributed by atoms with Gasteiger partial charge in [-0.2, -0.15) is 4.31 Å². The largest absolute Gasteiger partial charge is 0.497 e. The molecule has 7 heteroatoms. The first-order valence-electron chi connectivity index (χ1n) is 7.00. The van der Waals surface area contributed by atoms with E-state index in [9.17, 15) is 13.2 Å². The fraction of sp³-hybridized carbons (Fsp3) is 0.533. The summed E-state index contributed by atoms with van der Waals surface area (Å²) < 4.78 is 37.2. The predicted octanol–water partition coefficient (Wildman–Crippen LogP) is 1.66. The van der Waals surface area contributed by atoms with Gasteiger partial charge in [0.05, 0.1) is 12.0 Å². The Kier molecular flexibility index (Phi) is 4.49. The minimum atomic E-state index is -3.81. The van der Waals surface area contributed by atoms with Crippen LogP contribution in [0.3, 0.4) is 0 Å². The standard InChI is InChI=1S/C15H21NO5S/c1-15(2,3)13-14(17)21-9-8-16(13)22(18,19)12-7-5-6-11(10-12)20-4/h5-7,10,13H,8-9H2,1-4H3/t13-/m1/s1. The third-order valence-corrected chi connectivity index (χ3v) is 5.40. The second-order valence-corrected chi connectivity index (χ2v) is 8.12. The zero-order valence-electron chi connectivity index (χ0n) is 13.2. The number of ether oxygens (including phenoxy) is 2. The van der Waals surface area contributed by atoms with E-state index < -0.39 is 27.4 Å². The van der Waals surface area contributed by atoms with Crippen molar-refractivity contribution in [3.63, 3.8) is 0 Å². The van der Waals surface area contributed by atoms with Crippen molar-refractivity contribution < 1.29 is 22.7 Å². The Morgan fingerprint density at radius 2 is 2.00 bits per heavy atom. The van der Waals surface area contributed by atoms with Crippen LogP contribution in [0.1, 0.15) is 20.8 Å². The number of nitrogens with zero attached hydrogens (tertiary/aromatic N) is 1. The molecule has 1 aromatic carbocycles. The van der Waals surface area contributed by atoms with Crippen LogP contribution in [0.5, 0.6) is 5.75 Å². The number of hydrogen-bond acceptors (Lipinski definition) is 5. The highest BCUT2D eigenvalue weighted by atomic mass is 32.2. The summed E-state index contributed by atoms with van der Waals surface area (Å²) in [4.78, 5) is 12.2. The zero-order chi connectivity index (χ0) is 16.5. The van der Waals surface area contributed by atoms with Gasteiger partial charge in [0.1, 0.15) is 18.4 Å². The molecule has 1 saturated heterocycles. The molecule has 0 aromatic heterocycles. The number of methoxy groups -OCH3 is 1. The maximum atomic E-state index is 12.9. The van der Waals surface area contributed by atoms with E-state index in [-0.39, 0.29) is 18.0 Å². The van der Waals surface area contributed by atoms with Crippen molar-refractivity contribution in [1.82, 2.24) is 4.31 Å². The van der Waals surface area contributed by atoms with Crippen molar-refractivity contribution in [3.8, 4) is 5.75 Å².